The second kappa shape index (κ2) is 3.96. The predicted octanol–water partition coefficient (Wildman–Crippen LogP) is 3.20. The lowest BCUT2D eigenvalue weighted by atomic mass is 10.1. The fraction of sp³-hybridized carbons (Fsp3) is 0.167. The average Bonchev–Trinajstić information content (AvgIpc) is 2.28. The molecule has 0 saturated heterocycles. The molecule has 0 atom stereocenters. The van der Waals surface area contributed by atoms with Crippen molar-refractivity contribution in [2.24, 2.45) is 0 Å². The Kier molecular flexibility index (Phi) is 2.64. The van der Waals surface area contributed by atoms with Gasteiger partial charge in [0, 0.05) is 36.2 Å². The van der Waals surface area contributed by atoms with E-state index in [4.69, 9.17) is 0 Å². The minimum absolute atomic E-state index is 0.363. The molecule has 0 aliphatic heterocycles. The molecule has 16 heavy (non-hydrogen) atoms. The largest absolute Gasteiger partial charge is 0.388 e. The molecule has 2 nitrogen and oxygen atoms in total. The van der Waals surface area contributed by atoms with E-state index in [0.29, 0.717) is 22.1 Å². The third kappa shape index (κ3) is 1.56. The highest BCUT2D eigenvalue weighted by Crippen LogP contribution is 2.32. The van der Waals surface area contributed by atoms with Crippen LogP contribution in [0.3, 0.4) is 0 Å². The lowest BCUT2D eigenvalue weighted by molar-refractivity contribution is 0.627. The maximum absolute atomic E-state index is 13.7. The summed E-state index contributed by atoms with van der Waals surface area (Å²) >= 11 is 0. The van der Waals surface area contributed by atoms with E-state index in [0.717, 1.165) is 0 Å². The Morgan fingerprint density at radius 3 is 2.25 bits per heavy atom. The fourth-order valence-electron chi connectivity index (χ4n) is 1.82. The first kappa shape index (κ1) is 10.7. The molecule has 2 N–H and O–H groups in total. The zero-order chi connectivity index (χ0) is 11.7. The summed E-state index contributed by atoms with van der Waals surface area (Å²) in [6.07, 6.45) is 0. The molecule has 0 spiro atoms. The van der Waals surface area contributed by atoms with Crippen LogP contribution in [0, 0.1) is 11.6 Å². The monoisotopic (exact) mass is 222 g/mol. The van der Waals surface area contributed by atoms with Crippen molar-refractivity contribution in [1.29, 1.82) is 0 Å². The number of anilines is 2. The molecule has 0 amide bonds. The highest BCUT2D eigenvalue weighted by atomic mass is 19.1. The molecule has 0 aliphatic carbocycles. The van der Waals surface area contributed by atoms with Gasteiger partial charge in [-0.2, -0.15) is 0 Å². The third-order valence-corrected chi connectivity index (χ3v) is 2.57. The number of fused-ring (bicyclic) bond motifs is 1. The molecule has 0 radical (unpaired) electrons. The van der Waals surface area contributed by atoms with Crippen molar-refractivity contribution in [3.63, 3.8) is 0 Å². The van der Waals surface area contributed by atoms with Gasteiger partial charge in [-0.05, 0) is 24.3 Å². The Hall–Kier alpha value is -1.84. The van der Waals surface area contributed by atoms with E-state index < -0.39 is 0 Å². The fourth-order valence-corrected chi connectivity index (χ4v) is 1.82. The van der Waals surface area contributed by atoms with E-state index in [1.54, 1.807) is 20.2 Å². The Morgan fingerprint density at radius 2 is 1.62 bits per heavy atom. The molecular formula is C12H12F2N2. The summed E-state index contributed by atoms with van der Waals surface area (Å²) in [5.74, 6) is -0.752. The van der Waals surface area contributed by atoms with E-state index in [1.807, 2.05) is 0 Å². The van der Waals surface area contributed by atoms with Crippen LogP contribution in [0.2, 0.25) is 0 Å². The Labute approximate surface area is 92.3 Å². The second-order valence-electron chi connectivity index (χ2n) is 3.47. The van der Waals surface area contributed by atoms with Crippen LogP contribution in [-0.2, 0) is 0 Å². The highest BCUT2D eigenvalue weighted by Gasteiger charge is 2.10. The van der Waals surface area contributed by atoms with E-state index >= 15 is 0 Å². The molecule has 0 aromatic heterocycles. The van der Waals surface area contributed by atoms with Crippen LogP contribution in [0.1, 0.15) is 0 Å². The van der Waals surface area contributed by atoms with Crippen molar-refractivity contribution in [3.8, 4) is 0 Å². The molecular weight excluding hydrogens is 210 g/mol. The maximum atomic E-state index is 13.7. The molecule has 0 aliphatic rings. The minimum atomic E-state index is -0.390. The SMILES string of the molecule is CNc1ccc(F)c2c(NC)cc(F)cc12. The predicted molar refractivity (Wildman–Crippen MR) is 63.0 cm³/mol. The van der Waals surface area contributed by atoms with Crippen molar-refractivity contribution in [2.45, 2.75) is 0 Å². The van der Waals surface area contributed by atoms with Gasteiger partial charge in [0.2, 0.25) is 0 Å². The first-order valence-corrected chi connectivity index (χ1v) is 4.94. The van der Waals surface area contributed by atoms with Crippen LogP contribution < -0.4 is 10.6 Å². The highest BCUT2D eigenvalue weighted by molar-refractivity contribution is 6.01. The van der Waals surface area contributed by atoms with E-state index in [-0.39, 0.29) is 11.6 Å². The quantitative estimate of drug-likeness (QED) is 0.815. The van der Waals surface area contributed by atoms with Crippen LogP contribution in [-0.4, -0.2) is 14.1 Å². The molecule has 84 valence electrons. The summed E-state index contributed by atoms with van der Waals surface area (Å²) in [5, 5.41) is 6.64. The van der Waals surface area contributed by atoms with E-state index in [9.17, 15) is 8.78 Å². The number of hydrogen-bond acceptors (Lipinski definition) is 2. The van der Waals surface area contributed by atoms with Gasteiger partial charge < -0.3 is 10.6 Å². The van der Waals surface area contributed by atoms with E-state index in [2.05, 4.69) is 10.6 Å². The van der Waals surface area contributed by atoms with Gasteiger partial charge >= 0.3 is 0 Å². The number of halogens is 2. The molecule has 2 aromatic rings. The average molecular weight is 222 g/mol. The lowest BCUT2D eigenvalue weighted by Crippen LogP contribution is -1.97. The van der Waals surface area contributed by atoms with Gasteiger partial charge in [0.25, 0.3) is 0 Å². The molecule has 4 heteroatoms. The van der Waals surface area contributed by atoms with Crippen LogP contribution in [0.4, 0.5) is 20.2 Å². The van der Waals surface area contributed by atoms with Crippen molar-refractivity contribution in [2.75, 3.05) is 24.7 Å². The zero-order valence-corrected chi connectivity index (χ0v) is 9.07. The first-order valence-electron chi connectivity index (χ1n) is 4.94. The summed E-state index contributed by atoms with van der Waals surface area (Å²) in [6.45, 7) is 0. The van der Waals surface area contributed by atoms with Gasteiger partial charge in [-0.15, -0.1) is 0 Å². The Bertz CT molecular complexity index is 538. The van der Waals surface area contributed by atoms with E-state index in [1.165, 1.54) is 18.2 Å². The molecule has 2 rings (SSSR count). The number of hydrogen-bond donors (Lipinski definition) is 2. The van der Waals surface area contributed by atoms with Crippen molar-refractivity contribution in [3.05, 3.63) is 35.9 Å². The smallest absolute Gasteiger partial charge is 0.133 e. The topological polar surface area (TPSA) is 24.1 Å². The number of nitrogens with one attached hydrogen (secondary N) is 2. The van der Waals surface area contributed by atoms with Gasteiger partial charge in [-0.1, -0.05) is 0 Å². The second-order valence-corrected chi connectivity index (χ2v) is 3.47. The summed E-state index contributed by atoms with van der Waals surface area (Å²) in [7, 11) is 3.36. The molecule has 0 bridgehead atoms. The van der Waals surface area contributed by atoms with Gasteiger partial charge in [-0.25, -0.2) is 8.78 Å². The minimum Gasteiger partial charge on any atom is -0.388 e. The van der Waals surface area contributed by atoms with Gasteiger partial charge in [0.1, 0.15) is 11.6 Å². The standard InChI is InChI=1S/C12H12F2N2/c1-15-10-4-3-9(14)12-8(10)5-7(13)6-11(12)16-2/h3-6,15-16H,1-2H3. The summed E-state index contributed by atoms with van der Waals surface area (Å²) in [4.78, 5) is 0. The normalized spacial score (nSPS) is 10.5. The van der Waals surface area contributed by atoms with Gasteiger partial charge in [-0.3, -0.25) is 0 Å². The summed E-state index contributed by atoms with van der Waals surface area (Å²) in [5.41, 5.74) is 1.15. The molecule has 0 unspecified atom stereocenters. The van der Waals surface area contributed by atoms with Crippen molar-refractivity contribution in [1.82, 2.24) is 0 Å². The number of benzene rings is 2. The molecule has 0 saturated carbocycles. The third-order valence-electron chi connectivity index (χ3n) is 2.57. The molecule has 2 aromatic carbocycles. The lowest BCUT2D eigenvalue weighted by Gasteiger charge is -2.11. The van der Waals surface area contributed by atoms with Crippen LogP contribution in [0.15, 0.2) is 24.3 Å². The van der Waals surface area contributed by atoms with Crippen molar-refractivity contribution >= 4 is 22.1 Å². The van der Waals surface area contributed by atoms with Crippen LogP contribution >= 0.6 is 0 Å². The Morgan fingerprint density at radius 1 is 0.938 bits per heavy atom. The molecule has 0 heterocycles. The Balaban J connectivity index is 2.91. The summed E-state index contributed by atoms with van der Waals surface area (Å²) in [6, 6.07) is 5.57. The zero-order valence-electron chi connectivity index (χ0n) is 9.07. The van der Waals surface area contributed by atoms with Crippen LogP contribution in [0.5, 0.6) is 0 Å². The molecule has 0 fully saturated rings. The number of rotatable bonds is 2. The summed E-state index contributed by atoms with van der Waals surface area (Å²) < 4.78 is 27.0. The van der Waals surface area contributed by atoms with Crippen LogP contribution in [0.25, 0.3) is 10.8 Å². The maximum Gasteiger partial charge on any atom is 0.133 e. The van der Waals surface area contributed by atoms with Gasteiger partial charge in [0.05, 0.1) is 0 Å². The first-order chi connectivity index (χ1) is 7.67. The van der Waals surface area contributed by atoms with Crippen molar-refractivity contribution < 1.29 is 8.78 Å². The van der Waals surface area contributed by atoms with Gasteiger partial charge in [0.15, 0.2) is 0 Å².